The molecule has 4 heteroatoms. The van der Waals surface area contributed by atoms with Crippen LogP contribution in [0.5, 0.6) is 0 Å². The van der Waals surface area contributed by atoms with Crippen molar-refractivity contribution < 1.29 is 14.3 Å². The minimum atomic E-state index is -1.03. The van der Waals surface area contributed by atoms with E-state index in [2.05, 4.69) is 18.8 Å². The predicted octanol–water partition coefficient (Wildman–Crippen LogP) is 3.33. The van der Waals surface area contributed by atoms with E-state index >= 15 is 0 Å². The third-order valence-electron chi connectivity index (χ3n) is 2.90. The molecule has 1 N–H and O–H groups in total. The second kappa shape index (κ2) is 5.34. The second-order valence-electron chi connectivity index (χ2n) is 5.26. The molecule has 96 valence electrons. The molecule has 0 radical (unpaired) electrons. The zero-order valence-electron chi connectivity index (χ0n) is 11.2. The fraction of sp³-hybridized carbons (Fsp3) is 0.692. The van der Waals surface area contributed by atoms with Crippen LogP contribution in [0.2, 0.25) is 0 Å². The van der Waals surface area contributed by atoms with Crippen molar-refractivity contribution in [3.8, 4) is 0 Å². The summed E-state index contributed by atoms with van der Waals surface area (Å²) in [5, 5.41) is 9.08. The summed E-state index contributed by atoms with van der Waals surface area (Å²) >= 11 is 0. The molecule has 1 unspecified atom stereocenters. The lowest BCUT2D eigenvalue weighted by Gasteiger charge is -2.10. The molecule has 1 aromatic heterocycles. The first-order valence-electron chi connectivity index (χ1n) is 6.05. The maximum atomic E-state index is 11.1. The Morgan fingerprint density at radius 1 is 1.29 bits per heavy atom. The Hall–Kier alpha value is -1.32. The lowest BCUT2D eigenvalue weighted by atomic mass is 9.98. The number of carboxylic acids is 1. The number of oxazole rings is 1. The van der Waals surface area contributed by atoms with Gasteiger partial charge in [-0.25, -0.2) is 9.78 Å². The largest absolute Gasteiger partial charge is 0.475 e. The molecular weight excluding hydrogens is 218 g/mol. The molecule has 0 saturated carbocycles. The molecule has 1 aromatic rings. The molecular formula is C13H21NO3. The van der Waals surface area contributed by atoms with Gasteiger partial charge < -0.3 is 9.52 Å². The van der Waals surface area contributed by atoms with Gasteiger partial charge >= 0.3 is 5.97 Å². The van der Waals surface area contributed by atoms with Crippen LogP contribution in [0, 0.1) is 11.8 Å². The summed E-state index contributed by atoms with van der Waals surface area (Å²) in [6, 6.07) is 0. The molecule has 0 aliphatic rings. The summed E-state index contributed by atoms with van der Waals surface area (Å²) in [6.07, 6.45) is 0.635. The standard InChI is InChI=1S/C13H21NO3/c1-7(2)6-10-11(13(15)16)17-12(14-10)9(5)8(3)4/h7-9H,6H2,1-5H3,(H,15,16). The number of hydrogen-bond donors (Lipinski definition) is 1. The summed E-state index contributed by atoms with van der Waals surface area (Å²) in [7, 11) is 0. The van der Waals surface area contributed by atoms with Gasteiger partial charge in [-0.15, -0.1) is 0 Å². The Balaban J connectivity index is 3.07. The number of carbonyl (C=O) groups is 1. The maximum absolute atomic E-state index is 11.1. The van der Waals surface area contributed by atoms with Crippen molar-refractivity contribution in [3.63, 3.8) is 0 Å². The van der Waals surface area contributed by atoms with E-state index in [1.807, 2.05) is 20.8 Å². The molecule has 1 rings (SSSR count). The second-order valence-corrected chi connectivity index (χ2v) is 5.26. The number of carboxylic acid groups (broad SMARTS) is 1. The molecule has 0 amide bonds. The molecule has 0 saturated heterocycles. The fourth-order valence-corrected chi connectivity index (χ4v) is 1.54. The van der Waals surface area contributed by atoms with Crippen LogP contribution < -0.4 is 0 Å². The van der Waals surface area contributed by atoms with Crippen LogP contribution in [0.25, 0.3) is 0 Å². The van der Waals surface area contributed by atoms with Crippen LogP contribution in [0.4, 0.5) is 0 Å². The van der Waals surface area contributed by atoms with Crippen molar-refractivity contribution in [2.24, 2.45) is 11.8 Å². The van der Waals surface area contributed by atoms with Gasteiger partial charge in [-0.1, -0.05) is 34.6 Å². The van der Waals surface area contributed by atoms with Gasteiger partial charge in [0.1, 0.15) is 0 Å². The van der Waals surface area contributed by atoms with Crippen LogP contribution in [0.1, 0.15) is 62.7 Å². The minimum absolute atomic E-state index is 0.00111. The van der Waals surface area contributed by atoms with Crippen molar-refractivity contribution >= 4 is 5.97 Å². The van der Waals surface area contributed by atoms with E-state index in [-0.39, 0.29) is 11.7 Å². The van der Waals surface area contributed by atoms with Gasteiger partial charge in [0, 0.05) is 5.92 Å². The quantitative estimate of drug-likeness (QED) is 0.856. The highest BCUT2D eigenvalue weighted by Crippen LogP contribution is 2.26. The van der Waals surface area contributed by atoms with Gasteiger partial charge in [-0.3, -0.25) is 0 Å². The molecule has 0 spiro atoms. The van der Waals surface area contributed by atoms with E-state index in [1.165, 1.54) is 0 Å². The third kappa shape index (κ3) is 3.32. The lowest BCUT2D eigenvalue weighted by molar-refractivity contribution is 0.0657. The van der Waals surface area contributed by atoms with Crippen LogP contribution >= 0.6 is 0 Å². The summed E-state index contributed by atoms with van der Waals surface area (Å²) in [6.45, 7) is 10.2. The van der Waals surface area contributed by atoms with E-state index in [9.17, 15) is 4.79 Å². The van der Waals surface area contributed by atoms with E-state index in [4.69, 9.17) is 9.52 Å². The third-order valence-corrected chi connectivity index (χ3v) is 2.90. The number of aromatic nitrogens is 1. The molecule has 0 aliphatic carbocycles. The van der Waals surface area contributed by atoms with Crippen molar-refractivity contribution in [2.45, 2.75) is 47.0 Å². The first-order valence-corrected chi connectivity index (χ1v) is 6.05. The zero-order valence-corrected chi connectivity index (χ0v) is 11.2. The van der Waals surface area contributed by atoms with E-state index in [0.717, 1.165) is 0 Å². The smallest absolute Gasteiger partial charge is 0.373 e. The van der Waals surface area contributed by atoms with Gasteiger partial charge in [0.05, 0.1) is 5.69 Å². The number of aromatic carboxylic acids is 1. The van der Waals surface area contributed by atoms with E-state index < -0.39 is 5.97 Å². The van der Waals surface area contributed by atoms with Crippen LogP contribution in [0.15, 0.2) is 4.42 Å². The molecule has 0 aliphatic heterocycles. The monoisotopic (exact) mass is 239 g/mol. The molecule has 0 fully saturated rings. The Kier molecular flexibility index (Phi) is 4.32. The van der Waals surface area contributed by atoms with Crippen molar-refractivity contribution in [2.75, 3.05) is 0 Å². The first kappa shape index (κ1) is 13.7. The highest BCUT2D eigenvalue weighted by atomic mass is 16.4. The fourth-order valence-electron chi connectivity index (χ4n) is 1.54. The van der Waals surface area contributed by atoms with Crippen LogP contribution in [-0.4, -0.2) is 16.1 Å². The first-order chi connectivity index (χ1) is 7.82. The van der Waals surface area contributed by atoms with Gasteiger partial charge in [0.2, 0.25) is 5.76 Å². The lowest BCUT2D eigenvalue weighted by Crippen LogP contribution is -2.04. The van der Waals surface area contributed by atoms with Gasteiger partial charge in [0.25, 0.3) is 0 Å². The topological polar surface area (TPSA) is 63.3 Å². The Bertz CT molecular complexity index is 393. The SMILES string of the molecule is CC(C)Cc1nc(C(C)C(C)C)oc1C(=O)O. The number of nitrogens with zero attached hydrogens (tertiary/aromatic N) is 1. The highest BCUT2D eigenvalue weighted by Gasteiger charge is 2.24. The molecule has 17 heavy (non-hydrogen) atoms. The predicted molar refractivity (Wildman–Crippen MR) is 65.3 cm³/mol. The summed E-state index contributed by atoms with van der Waals surface area (Å²) in [5.41, 5.74) is 0.565. The molecule has 4 nitrogen and oxygen atoms in total. The summed E-state index contributed by atoms with van der Waals surface area (Å²) in [5.74, 6) is 0.376. The Morgan fingerprint density at radius 3 is 2.29 bits per heavy atom. The van der Waals surface area contributed by atoms with Gasteiger partial charge in [-0.2, -0.15) is 0 Å². The normalized spacial score (nSPS) is 13.4. The average Bonchev–Trinajstić information content (AvgIpc) is 2.59. The summed E-state index contributed by atoms with van der Waals surface area (Å²) < 4.78 is 5.39. The Labute approximate surface area is 102 Å². The number of hydrogen-bond acceptors (Lipinski definition) is 3. The van der Waals surface area contributed by atoms with Crippen molar-refractivity contribution in [1.29, 1.82) is 0 Å². The average molecular weight is 239 g/mol. The molecule has 0 bridgehead atoms. The van der Waals surface area contributed by atoms with Crippen molar-refractivity contribution in [3.05, 3.63) is 17.3 Å². The van der Waals surface area contributed by atoms with Crippen LogP contribution in [-0.2, 0) is 6.42 Å². The van der Waals surface area contributed by atoms with E-state index in [1.54, 1.807) is 0 Å². The number of rotatable bonds is 5. The maximum Gasteiger partial charge on any atom is 0.373 e. The zero-order chi connectivity index (χ0) is 13.2. The summed E-state index contributed by atoms with van der Waals surface area (Å²) in [4.78, 5) is 15.4. The van der Waals surface area contributed by atoms with Crippen LogP contribution in [0.3, 0.4) is 0 Å². The van der Waals surface area contributed by atoms with E-state index in [0.29, 0.717) is 29.8 Å². The molecule has 1 atom stereocenters. The Morgan fingerprint density at radius 2 is 1.88 bits per heavy atom. The molecule has 0 aromatic carbocycles. The van der Waals surface area contributed by atoms with Gasteiger partial charge in [0.15, 0.2) is 5.89 Å². The minimum Gasteiger partial charge on any atom is -0.475 e. The highest BCUT2D eigenvalue weighted by molar-refractivity contribution is 5.85. The molecule has 1 heterocycles. The van der Waals surface area contributed by atoms with Gasteiger partial charge in [-0.05, 0) is 18.3 Å². The van der Waals surface area contributed by atoms with Crippen molar-refractivity contribution in [1.82, 2.24) is 4.98 Å².